The number of hydrogen-bond donors (Lipinski definition) is 2. The molecule has 106 valence electrons. The molecule has 1 saturated carbocycles. The molecule has 1 atom stereocenters. The molecule has 1 aromatic rings. The minimum absolute atomic E-state index is 0.124. The molecule has 1 aliphatic carbocycles. The summed E-state index contributed by atoms with van der Waals surface area (Å²) in [4.78, 5) is 16.0. The molecule has 0 spiro atoms. The zero-order valence-corrected chi connectivity index (χ0v) is 12.2. The van der Waals surface area contributed by atoms with Crippen molar-refractivity contribution in [2.75, 3.05) is 12.3 Å². The topological polar surface area (TPSA) is 53.5 Å². The molecule has 20 heavy (non-hydrogen) atoms. The van der Waals surface area contributed by atoms with Crippen LogP contribution in [0, 0.1) is 0 Å². The van der Waals surface area contributed by atoms with Gasteiger partial charge >= 0.3 is 0 Å². The predicted octanol–water partition coefficient (Wildman–Crippen LogP) is 2.09. The summed E-state index contributed by atoms with van der Waals surface area (Å²) in [6.45, 7) is 0.565. The van der Waals surface area contributed by atoms with E-state index < -0.39 is 0 Å². The highest BCUT2D eigenvalue weighted by atomic mass is 32.2. The van der Waals surface area contributed by atoms with Gasteiger partial charge in [0, 0.05) is 18.2 Å². The molecule has 0 radical (unpaired) electrons. The average Bonchev–Trinajstić information content (AvgIpc) is 3.15. The summed E-state index contributed by atoms with van der Waals surface area (Å²) < 4.78 is 0. The van der Waals surface area contributed by atoms with Gasteiger partial charge in [0.05, 0.1) is 12.6 Å². The van der Waals surface area contributed by atoms with Crippen LogP contribution in [0.1, 0.15) is 30.9 Å². The van der Waals surface area contributed by atoms with E-state index in [9.17, 15) is 4.79 Å². The monoisotopic (exact) mass is 289 g/mol. The summed E-state index contributed by atoms with van der Waals surface area (Å²) in [5.74, 6) is 1.12. The van der Waals surface area contributed by atoms with Crippen LogP contribution in [0.4, 0.5) is 0 Å². The fourth-order valence-electron chi connectivity index (χ4n) is 2.14. The molecular weight excluding hydrogens is 270 g/mol. The third kappa shape index (κ3) is 3.76. The maximum Gasteiger partial charge on any atom is 0.222 e. The largest absolute Gasteiger partial charge is 0.357 e. The highest BCUT2D eigenvalue weighted by Gasteiger charge is 2.23. The first-order valence-corrected chi connectivity index (χ1v) is 8.08. The van der Waals surface area contributed by atoms with Crippen molar-refractivity contribution in [1.82, 2.24) is 10.6 Å². The van der Waals surface area contributed by atoms with Crippen molar-refractivity contribution in [1.29, 1.82) is 0 Å². The van der Waals surface area contributed by atoms with Crippen molar-refractivity contribution >= 4 is 22.8 Å². The van der Waals surface area contributed by atoms with Crippen LogP contribution in [0.2, 0.25) is 0 Å². The normalized spacial score (nSPS) is 23.6. The van der Waals surface area contributed by atoms with Crippen molar-refractivity contribution in [2.45, 2.75) is 31.3 Å². The summed E-state index contributed by atoms with van der Waals surface area (Å²) in [7, 11) is 0. The minimum atomic E-state index is 0.124. The SMILES string of the molecule is O=C(CCN=C1NC(c2ccccc2)CS1)NC1CC1. The van der Waals surface area contributed by atoms with Crippen molar-refractivity contribution in [3.8, 4) is 0 Å². The minimum Gasteiger partial charge on any atom is -0.357 e. The van der Waals surface area contributed by atoms with E-state index in [-0.39, 0.29) is 5.91 Å². The molecule has 2 N–H and O–H groups in total. The zero-order chi connectivity index (χ0) is 13.8. The van der Waals surface area contributed by atoms with Gasteiger partial charge < -0.3 is 10.6 Å². The summed E-state index contributed by atoms with van der Waals surface area (Å²) in [6.07, 6.45) is 2.76. The van der Waals surface area contributed by atoms with Gasteiger partial charge in [-0.2, -0.15) is 0 Å². The molecule has 4 nitrogen and oxygen atoms in total. The summed E-state index contributed by atoms with van der Waals surface area (Å²) in [6, 6.07) is 11.2. The number of thioether (sulfide) groups is 1. The van der Waals surface area contributed by atoms with E-state index in [0.717, 1.165) is 23.8 Å². The van der Waals surface area contributed by atoms with E-state index in [1.807, 2.05) is 6.07 Å². The maximum atomic E-state index is 11.5. The van der Waals surface area contributed by atoms with E-state index in [1.54, 1.807) is 11.8 Å². The number of nitrogens with zero attached hydrogens (tertiary/aromatic N) is 1. The van der Waals surface area contributed by atoms with Crippen molar-refractivity contribution in [2.24, 2.45) is 4.99 Å². The highest BCUT2D eigenvalue weighted by molar-refractivity contribution is 8.14. The Hall–Kier alpha value is -1.49. The van der Waals surface area contributed by atoms with E-state index in [0.29, 0.717) is 25.0 Å². The Morgan fingerprint density at radius 2 is 2.15 bits per heavy atom. The lowest BCUT2D eigenvalue weighted by atomic mass is 10.1. The van der Waals surface area contributed by atoms with Gasteiger partial charge in [0.2, 0.25) is 5.91 Å². The molecule has 1 amide bonds. The van der Waals surface area contributed by atoms with E-state index in [2.05, 4.69) is 39.9 Å². The van der Waals surface area contributed by atoms with Crippen molar-refractivity contribution in [3.63, 3.8) is 0 Å². The fourth-order valence-corrected chi connectivity index (χ4v) is 3.15. The number of aliphatic imine (C=N–C) groups is 1. The first kappa shape index (κ1) is 13.5. The van der Waals surface area contributed by atoms with Gasteiger partial charge in [-0.15, -0.1) is 0 Å². The van der Waals surface area contributed by atoms with Gasteiger partial charge in [0.1, 0.15) is 0 Å². The summed E-state index contributed by atoms with van der Waals surface area (Å²) in [5.41, 5.74) is 1.29. The first-order valence-electron chi connectivity index (χ1n) is 7.09. The van der Waals surface area contributed by atoms with Crippen LogP contribution < -0.4 is 10.6 Å². The molecule has 2 aliphatic rings. The lowest BCUT2D eigenvalue weighted by Crippen LogP contribution is -2.26. The van der Waals surface area contributed by atoms with Crippen LogP contribution in [-0.2, 0) is 4.79 Å². The Kier molecular flexibility index (Phi) is 4.25. The molecule has 3 rings (SSSR count). The number of nitrogens with one attached hydrogen (secondary N) is 2. The van der Waals surface area contributed by atoms with Crippen LogP contribution in [0.15, 0.2) is 35.3 Å². The molecule has 1 aromatic carbocycles. The van der Waals surface area contributed by atoms with Gasteiger partial charge in [0.15, 0.2) is 5.17 Å². The van der Waals surface area contributed by atoms with Crippen LogP contribution in [-0.4, -0.2) is 29.4 Å². The molecule has 1 saturated heterocycles. The van der Waals surface area contributed by atoms with Crippen LogP contribution in [0.3, 0.4) is 0 Å². The van der Waals surface area contributed by atoms with Crippen LogP contribution in [0.5, 0.6) is 0 Å². The van der Waals surface area contributed by atoms with Crippen molar-refractivity contribution in [3.05, 3.63) is 35.9 Å². The molecule has 5 heteroatoms. The molecule has 0 bridgehead atoms. The smallest absolute Gasteiger partial charge is 0.222 e. The number of amides is 1. The third-order valence-corrected chi connectivity index (χ3v) is 4.44. The predicted molar refractivity (Wildman–Crippen MR) is 82.9 cm³/mol. The summed E-state index contributed by atoms with van der Waals surface area (Å²) in [5, 5.41) is 7.35. The van der Waals surface area contributed by atoms with Gasteiger partial charge in [-0.05, 0) is 18.4 Å². The Balaban J connectivity index is 1.44. The van der Waals surface area contributed by atoms with Gasteiger partial charge in [0.25, 0.3) is 0 Å². The third-order valence-electron chi connectivity index (χ3n) is 3.42. The van der Waals surface area contributed by atoms with Crippen molar-refractivity contribution < 1.29 is 4.79 Å². The highest BCUT2D eigenvalue weighted by Crippen LogP contribution is 2.25. The lowest BCUT2D eigenvalue weighted by molar-refractivity contribution is -0.121. The van der Waals surface area contributed by atoms with Crippen LogP contribution >= 0.6 is 11.8 Å². The number of hydrogen-bond acceptors (Lipinski definition) is 3. The molecule has 1 heterocycles. The number of amidine groups is 1. The molecule has 1 unspecified atom stereocenters. The maximum absolute atomic E-state index is 11.5. The Morgan fingerprint density at radius 3 is 2.90 bits per heavy atom. The second kappa shape index (κ2) is 6.31. The Morgan fingerprint density at radius 1 is 1.35 bits per heavy atom. The second-order valence-corrected chi connectivity index (χ2v) is 6.21. The Bertz CT molecular complexity index is 499. The fraction of sp³-hybridized carbons (Fsp3) is 0.467. The first-order chi connectivity index (χ1) is 9.81. The number of carbonyl (C=O) groups is 1. The van der Waals surface area contributed by atoms with Gasteiger partial charge in [-0.1, -0.05) is 42.1 Å². The molecule has 0 aromatic heterocycles. The summed E-state index contributed by atoms with van der Waals surface area (Å²) >= 11 is 1.73. The van der Waals surface area contributed by atoms with E-state index in [4.69, 9.17) is 0 Å². The number of benzene rings is 1. The zero-order valence-electron chi connectivity index (χ0n) is 11.3. The average molecular weight is 289 g/mol. The quantitative estimate of drug-likeness (QED) is 0.872. The van der Waals surface area contributed by atoms with Gasteiger partial charge in [-0.3, -0.25) is 9.79 Å². The standard InChI is InChI=1S/C15H19N3OS/c19-14(17-12-6-7-12)8-9-16-15-18-13(10-20-15)11-4-2-1-3-5-11/h1-5,12-13H,6-10H2,(H,16,18)(H,17,19). The number of carbonyl (C=O) groups excluding carboxylic acids is 1. The number of rotatable bonds is 5. The molecule has 1 aliphatic heterocycles. The van der Waals surface area contributed by atoms with E-state index in [1.165, 1.54) is 5.56 Å². The van der Waals surface area contributed by atoms with Crippen LogP contribution in [0.25, 0.3) is 0 Å². The van der Waals surface area contributed by atoms with E-state index >= 15 is 0 Å². The Labute approximate surface area is 123 Å². The molecule has 2 fully saturated rings. The lowest BCUT2D eigenvalue weighted by Gasteiger charge is -2.09. The van der Waals surface area contributed by atoms with Gasteiger partial charge in [-0.25, -0.2) is 0 Å². The molecular formula is C15H19N3OS. The second-order valence-electron chi connectivity index (χ2n) is 5.20.